The van der Waals surface area contributed by atoms with Crippen molar-refractivity contribution in [3.63, 3.8) is 0 Å². The van der Waals surface area contributed by atoms with Crippen molar-refractivity contribution in [3.8, 4) is 0 Å². The molecule has 0 unspecified atom stereocenters. The molecule has 0 radical (unpaired) electrons. The van der Waals surface area contributed by atoms with Crippen LogP contribution in [-0.2, 0) is 10.0 Å². The van der Waals surface area contributed by atoms with Crippen molar-refractivity contribution in [3.05, 3.63) is 66.7 Å². The average Bonchev–Trinajstić information content (AvgIpc) is 2.68. The fraction of sp³-hybridized carbons (Fsp3) is 0.250. The van der Waals surface area contributed by atoms with Crippen LogP contribution in [0.4, 0.5) is 11.4 Å². The van der Waals surface area contributed by atoms with Gasteiger partial charge in [-0.1, -0.05) is 12.1 Å². The normalized spacial score (nSPS) is 10.9. The zero-order valence-electron chi connectivity index (χ0n) is 15.6. The van der Waals surface area contributed by atoms with E-state index in [1.54, 1.807) is 30.3 Å². The predicted octanol–water partition coefficient (Wildman–Crippen LogP) is 3.25. The number of hydrogen-bond donors (Lipinski definition) is 2. The highest BCUT2D eigenvalue weighted by atomic mass is 32.2. The van der Waals surface area contributed by atoms with Gasteiger partial charge in [0.1, 0.15) is 0 Å². The van der Waals surface area contributed by atoms with Gasteiger partial charge in [0, 0.05) is 36.6 Å². The van der Waals surface area contributed by atoms with Crippen molar-refractivity contribution in [2.75, 3.05) is 29.3 Å². The molecule has 0 heterocycles. The topological polar surface area (TPSA) is 78.5 Å². The van der Waals surface area contributed by atoms with E-state index in [1.165, 1.54) is 12.1 Å². The van der Waals surface area contributed by atoms with E-state index in [1.807, 2.05) is 12.1 Å². The van der Waals surface area contributed by atoms with E-state index in [0.717, 1.165) is 18.8 Å². The van der Waals surface area contributed by atoms with Crippen molar-refractivity contribution in [1.82, 2.24) is 5.32 Å². The minimum absolute atomic E-state index is 0.0292. The van der Waals surface area contributed by atoms with Crippen LogP contribution >= 0.6 is 0 Å². The molecule has 2 aromatic carbocycles. The maximum absolute atomic E-state index is 12.7. The average molecular weight is 388 g/mol. The lowest BCUT2D eigenvalue weighted by Gasteiger charge is -2.21. The molecule has 2 rings (SSSR count). The van der Waals surface area contributed by atoms with Crippen molar-refractivity contribution in [2.45, 2.75) is 18.7 Å². The van der Waals surface area contributed by atoms with Crippen LogP contribution in [0, 0.1) is 0 Å². The highest BCUT2D eigenvalue weighted by molar-refractivity contribution is 7.92. The minimum atomic E-state index is -3.80. The Hall–Kier alpha value is -2.80. The van der Waals surface area contributed by atoms with Crippen LogP contribution in [0.2, 0.25) is 0 Å². The number of benzene rings is 2. The number of carbonyl (C=O) groups excluding carboxylic acids is 1. The van der Waals surface area contributed by atoms with E-state index in [4.69, 9.17) is 0 Å². The highest BCUT2D eigenvalue weighted by Gasteiger charge is 2.16. The van der Waals surface area contributed by atoms with E-state index in [-0.39, 0.29) is 16.4 Å². The van der Waals surface area contributed by atoms with Gasteiger partial charge in [0.2, 0.25) is 0 Å². The van der Waals surface area contributed by atoms with Crippen LogP contribution in [0.25, 0.3) is 0 Å². The zero-order valence-corrected chi connectivity index (χ0v) is 16.4. The molecule has 0 spiro atoms. The Kier molecular flexibility index (Phi) is 7.01. The van der Waals surface area contributed by atoms with Crippen LogP contribution in [0.5, 0.6) is 0 Å². The lowest BCUT2D eigenvalue weighted by atomic mass is 10.2. The van der Waals surface area contributed by atoms with Crippen LogP contribution in [0.15, 0.2) is 66.1 Å². The third kappa shape index (κ3) is 5.34. The van der Waals surface area contributed by atoms with E-state index < -0.39 is 10.0 Å². The third-order valence-corrected chi connectivity index (χ3v) is 5.44. The van der Waals surface area contributed by atoms with Gasteiger partial charge in [-0.05, 0) is 56.3 Å². The Bertz CT molecular complexity index is 889. The Labute approximate surface area is 161 Å². The zero-order chi connectivity index (χ0) is 19.9. The van der Waals surface area contributed by atoms with Gasteiger partial charge in [-0.3, -0.25) is 9.52 Å². The number of rotatable bonds is 9. The van der Waals surface area contributed by atoms with Crippen molar-refractivity contribution >= 4 is 27.3 Å². The first-order valence-electron chi connectivity index (χ1n) is 8.78. The van der Waals surface area contributed by atoms with Gasteiger partial charge in [0.15, 0.2) is 0 Å². The van der Waals surface area contributed by atoms with Gasteiger partial charge in [0.05, 0.1) is 4.90 Å². The molecule has 0 aromatic heterocycles. The van der Waals surface area contributed by atoms with Gasteiger partial charge in [-0.2, -0.15) is 0 Å². The second kappa shape index (κ2) is 9.23. The first kappa shape index (κ1) is 20.5. The maximum atomic E-state index is 12.7. The first-order chi connectivity index (χ1) is 12.9. The molecule has 0 saturated carbocycles. The second-order valence-corrected chi connectivity index (χ2v) is 7.53. The molecule has 7 heteroatoms. The monoisotopic (exact) mass is 387 g/mol. The number of hydrogen-bond acceptors (Lipinski definition) is 4. The summed E-state index contributed by atoms with van der Waals surface area (Å²) in [6.07, 6.45) is 1.56. The molecule has 144 valence electrons. The summed E-state index contributed by atoms with van der Waals surface area (Å²) in [7, 11) is -3.80. The van der Waals surface area contributed by atoms with Crippen molar-refractivity contribution < 1.29 is 13.2 Å². The van der Waals surface area contributed by atoms with E-state index in [2.05, 4.69) is 35.4 Å². The second-order valence-electron chi connectivity index (χ2n) is 5.85. The van der Waals surface area contributed by atoms with Crippen LogP contribution in [-0.4, -0.2) is 34.0 Å². The lowest BCUT2D eigenvalue weighted by molar-refractivity contribution is 0.0958. The molecule has 0 aliphatic carbocycles. The minimum Gasteiger partial charge on any atom is -0.372 e. The molecule has 0 bridgehead atoms. The molecule has 0 fully saturated rings. The third-order valence-electron chi connectivity index (χ3n) is 4.06. The SMILES string of the molecule is C=CCNC(=O)c1cccc(S(=O)(=O)Nc2ccc(N(CC)CC)cc2)c1. The molecule has 1 amide bonds. The van der Waals surface area contributed by atoms with Gasteiger partial charge >= 0.3 is 0 Å². The summed E-state index contributed by atoms with van der Waals surface area (Å²) in [6.45, 7) is 9.74. The summed E-state index contributed by atoms with van der Waals surface area (Å²) in [5, 5.41) is 2.63. The van der Waals surface area contributed by atoms with E-state index in [9.17, 15) is 13.2 Å². The number of sulfonamides is 1. The van der Waals surface area contributed by atoms with Crippen LogP contribution in [0.1, 0.15) is 24.2 Å². The molecule has 6 nitrogen and oxygen atoms in total. The Balaban J connectivity index is 2.19. The van der Waals surface area contributed by atoms with Crippen LogP contribution in [0.3, 0.4) is 0 Å². The van der Waals surface area contributed by atoms with E-state index in [0.29, 0.717) is 12.2 Å². The number of anilines is 2. The van der Waals surface area contributed by atoms with Gasteiger partial charge in [0.25, 0.3) is 15.9 Å². The summed E-state index contributed by atoms with van der Waals surface area (Å²) >= 11 is 0. The smallest absolute Gasteiger partial charge is 0.261 e. The Morgan fingerprint density at radius 2 is 1.78 bits per heavy atom. The van der Waals surface area contributed by atoms with Crippen molar-refractivity contribution in [2.24, 2.45) is 0 Å². The summed E-state index contributed by atoms with van der Waals surface area (Å²) in [5.74, 6) is -0.351. The summed E-state index contributed by atoms with van der Waals surface area (Å²) in [5.41, 5.74) is 1.77. The van der Waals surface area contributed by atoms with Gasteiger partial charge < -0.3 is 10.2 Å². The maximum Gasteiger partial charge on any atom is 0.261 e. The summed E-state index contributed by atoms with van der Waals surface area (Å²) < 4.78 is 27.9. The first-order valence-corrected chi connectivity index (χ1v) is 10.3. The number of nitrogens with zero attached hydrogens (tertiary/aromatic N) is 1. The Morgan fingerprint density at radius 1 is 1.11 bits per heavy atom. The predicted molar refractivity (Wildman–Crippen MR) is 110 cm³/mol. The summed E-state index contributed by atoms with van der Waals surface area (Å²) in [6, 6.07) is 13.1. The van der Waals surface area contributed by atoms with Gasteiger partial charge in [-0.25, -0.2) is 8.42 Å². The lowest BCUT2D eigenvalue weighted by Crippen LogP contribution is -2.23. The van der Waals surface area contributed by atoms with Crippen molar-refractivity contribution in [1.29, 1.82) is 0 Å². The standard InChI is InChI=1S/C20H25N3O3S/c1-4-14-21-20(24)16-8-7-9-19(15-16)27(25,26)22-17-10-12-18(13-11-17)23(5-2)6-3/h4,7-13,15,22H,1,5-6,14H2,2-3H3,(H,21,24). The molecule has 0 aliphatic heterocycles. The number of nitrogens with one attached hydrogen (secondary N) is 2. The number of amides is 1. The fourth-order valence-electron chi connectivity index (χ4n) is 2.61. The van der Waals surface area contributed by atoms with Gasteiger partial charge in [-0.15, -0.1) is 6.58 Å². The fourth-order valence-corrected chi connectivity index (χ4v) is 3.72. The molecule has 0 atom stereocenters. The molecule has 0 saturated heterocycles. The quantitative estimate of drug-likeness (QED) is 0.648. The molecular formula is C20H25N3O3S. The Morgan fingerprint density at radius 3 is 2.37 bits per heavy atom. The molecular weight excluding hydrogens is 362 g/mol. The molecule has 0 aliphatic rings. The van der Waals surface area contributed by atoms with Crippen LogP contribution < -0.4 is 14.9 Å². The largest absolute Gasteiger partial charge is 0.372 e. The van der Waals surface area contributed by atoms with E-state index >= 15 is 0 Å². The number of carbonyl (C=O) groups is 1. The molecule has 27 heavy (non-hydrogen) atoms. The molecule has 2 aromatic rings. The molecule has 2 N–H and O–H groups in total. The summed E-state index contributed by atoms with van der Waals surface area (Å²) in [4.78, 5) is 14.2. The highest BCUT2D eigenvalue weighted by Crippen LogP contribution is 2.21.